The quantitative estimate of drug-likeness (QED) is 0.186. The molecule has 40 heavy (non-hydrogen) atoms. The molecule has 1 saturated heterocycles. The number of esters is 1. The van der Waals surface area contributed by atoms with Gasteiger partial charge in [-0.15, -0.1) is 0 Å². The molecule has 3 aliphatic rings. The first kappa shape index (κ1) is 24.4. The van der Waals surface area contributed by atoms with Gasteiger partial charge in [-0.05, 0) is 55.4 Å². The van der Waals surface area contributed by atoms with Gasteiger partial charge in [0.1, 0.15) is 0 Å². The summed E-state index contributed by atoms with van der Waals surface area (Å²) >= 11 is 0. The van der Waals surface area contributed by atoms with E-state index in [2.05, 4.69) is 0 Å². The van der Waals surface area contributed by atoms with Crippen LogP contribution in [0.25, 0.3) is 22.2 Å². The van der Waals surface area contributed by atoms with Gasteiger partial charge in [-0.3, -0.25) is 19.3 Å². The maximum atomic E-state index is 13.2. The van der Waals surface area contributed by atoms with Gasteiger partial charge in [0.2, 0.25) is 11.8 Å². The minimum absolute atomic E-state index is 0.0751. The summed E-state index contributed by atoms with van der Waals surface area (Å²) in [5.41, 5.74) is 3.22. The average Bonchev–Trinajstić information content (AvgIpc) is 3.69. The van der Waals surface area contributed by atoms with Crippen LogP contribution in [0.5, 0.6) is 0 Å². The van der Waals surface area contributed by atoms with Crippen LogP contribution < -0.4 is 4.90 Å². The Morgan fingerprint density at radius 2 is 1.48 bits per heavy atom. The van der Waals surface area contributed by atoms with Crippen LogP contribution >= 0.6 is 0 Å². The Balaban J connectivity index is 1.16. The molecular weight excluding hydrogens is 504 g/mol. The number of fused-ring (bicyclic) bond motifs is 6. The highest BCUT2D eigenvalue weighted by molar-refractivity contribution is 6.22. The summed E-state index contributed by atoms with van der Waals surface area (Å²) in [6.45, 7) is -0.370. The van der Waals surface area contributed by atoms with E-state index in [4.69, 9.17) is 9.72 Å². The number of carbonyl (C=O) groups excluding carboxylic acids is 4. The normalized spacial score (nSPS) is 23.1. The molecule has 3 fully saturated rings. The first-order valence-electron chi connectivity index (χ1n) is 13.6. The van der Waals surface area contributed by atoms with Gasteiger partial charge in [0.15, 0.2) is 12.4 Å². The van der Waals surface area contributed by atoms with Crippen molar-refractivity contribution in [3.63, 3.8) is 0 Å². The molecule has 7 nitrogen and oxygen atoms in total. The van der Waals surface area contributed by atoms with E-state index in [9.17, 15) is 19.2 Å². The Bertz CT molecular complexity index is 1650. The number of aromatic nitrogens is 1. The van der Waals surface area contributed by atoms with Crippen molar-refractivity contribution in [3.05, 3.63) is 96.1 Å². The standard InChI is InChI=1S/C33H26N2O5/c36-28(20-6-2-1-3-7-20)18-40-33(39)25-17-27(34-26-9-5-4-8-24(25)26)19-12-14-23(15-13-19)35-31(37)29-21-10-11-22(16-21)30(29)32(35)38/h1-9,12-15,17,21-22,29-30H,10-11,16,18H2/t21-,22-,29-,30+/m0/s1. The second-order valence-electron chi connectivity index (χ2n) is 10.9. The zero-order chi connectivity index (χ0) is 27.4. The highest BCUT2D eigenvalue weighted by Gasteiger charge is 2.61. The smallest absolute Gasteiger partial charge is 0.339 e. The highest BCUT2D eigenvalue weighted by atomic mass is 16.5. The van der Waals surface area contributed by atoms with Crippen molar-refractivity contribution in [1.82, 2.24) is 4.98 Å². The van der Waals surface area contributed by atoms with Gasteiger partial charge in [0, 0.05) is 16.5 Å². The molecule has 3 aromatic carbocycles. The van der Waals surface area contributed by atoms with Gasteiger partial charge in [0.25, 0.3) is 0 Å². The number of imide groups is 1. The number of hydrogen-bond acceptors (Lipinski definition) is 6. The number of benzene rings is 3. The van der Waals surface area contributed by atoms with Gasteiger partial charge in [-0.1, -0.05) is 60.7 Å². The van der Waals surface area contributed by atoms with Gasteiger partial charge >= 0.3 is 5.97 Å². The lowest BCUT2D eigenvalue weighted by atomic mass is 9.81. The van der Waals surface area contributed by atoms with Crippen LogP contribution in [0.1, 0.15) is 40.0 Å². The Labute approximate surface area is 230 Å². The fourth-order valence-electron chi connectivity index (χ4n) is 6.85. The number of Topliss-reactive ketones (excluding diaryl/α,β-unsaturated/α-hetero) is 1. The zero-order valence-corrected chi connectivity index (χ0v) is 21.7. The lowest BCUT2D eigenvalue weighted by Gasteiger charge is -2.19. The number of anilines is 1. The molecule has 2 bridgehead atoms. The summed E-state index contributed by atoms with van der Waals surface area (Å²) in [6.07, 6.45) is 3.07. The Morgan fingerprint density at radius 1 is 0.825 bits per heavy atom. The third-order valence-corrected chi connectivity index (χ3v) is 8.71. The molecule has 1 aliphatic heterocycles. The SMILES string of the molecule is O=C(COC(=O)c1cc(-c2ccc(N3C(=O)[C@@H]4[C@H]5CC[C@@H](C5)[C@@H]4C3=O)cc2)nc2ccccc12)c1ccccc1. The largest absolute Gasteiger partial charge is 0.454 e. The van der Waals surface area contributed by atoms with Gasteiger partial charge < -0.3 is 4.74 Å². The predicted octanol–water partition coefficient (Wildman–Crippen LogP) is 5.48. The van der Waals surface area contributed by atoms with Crippen molar-refractivity contribution in [2.24, 2.45) is 23.7 Å². The molecule has 0 N–H and O–H groups in total. The van der Waals surface area contributed by atoms with Crippen molar-refractivity contribution in [2.45, 2.75) is 19.3 Å². The minimum Gasteiger partial charge on any atom is -0.454 e. The van der Waals surface area contributed by atoms with Crippen molar-refractivity contribution < 1.29 is 23.9 Å². The number of para-hydroxylation sites is 1. The van der Waals surface area contributed by atoms with E-state index in [-0.39, 0.29) is 36.0 Å². The lowest BCUT2D eigenvalue weighted by Crippen LogP contribution is -2.32. The van der Waals surface area contributed by atoms with Crippen molar-refractivity contribution in [1.29, 1.82) is 0 Å². The van der Waals surface area contributed by atoms with Crippen LogP contribution in [0.3, 0.4) is 0 Å². The van der Waals surface area contributed by atoms with E-state index in [1.165, 1.54) is 4.90 Å². The summed E-state index contributed by atoms with van der Waals surface area (Å²) in [4.78, 5) is 58.2. The monoisotopic (exact) mass is 530 g/mol. The molecule has 2 saturated carbocycles. The van der Waals surface area contributed by atoms with Crippen LogP contribution in [0.4, 0.5) is 5.69 Å². The van der Waals surface area contributed by atoms with E-state index < -0.39 is 5.97 Å². The van der Waals surface area contributed by atoms with E-state index >= 15 is 0 Å². The number of ketones is 1. The third-order valence-electron chi connectivity index (χ3n) is 8.71. The summed E-state index contributed by atoms with van der Waals surface area (Å²) < 4.78 is 5.41. The average molecular weight is 531 g/mol. The van der Waals surface area contributed by atoms with Gasteiger partial charge in [-0.25, -0.2) is 9.78 Å². The van der Waals surface area contributed by atoms with E-state index in [0.29, 0.717) is 45.2 Å². The molecule has 198 valence electrons. The van der Waals surface area contributed by atoms with Crippen LogP contribution in [-0.4, -0.2) is 35.2 Å². The van der Waals surface area contributed by atoms with Crippen molar-refractivity contribution in [2.75, 3.05) is 11.5 Å². The number of rotatable bonds is 6. The number of amides is 2. The summed E-state index contributed by atoms with van der Waals surface area (Å²) in [7, 11) is 0. The molecular formula is C33H26N2O5. The van der Waals surface area contributed by atoms with Gasteiger partial charge in [-0.2, -0.15) is 0 Å². The first-order chi connectivity index (χ1) is 19.5. The molecule has 2 amide bonds. The molecule has 4 atom stereocenters. The molecule has 1 aromatic heterocycles. The number of pyridine rings is 1. The molecule has 4 aromatic rings. The fourth-order valence-corrected chi connectivity index (χ4v) is 6.85. The molecule has 0 spiro atoms. The number of carbonyl (C=O) groups is 4. The molecule has 2 aliphatic carbocycles. The molecule has 2 heterocycles. The molecule has 0 radical (unpaired) electrons. The van der Waals surface area contributed by atoms with Crippen LogP contribution in [0, 0.1) is 23.7 Å². The predicted molar refractivity (Wildman–Crippen MR) is 149 cm³/mol. The Kier molecular flexibility index (Phi) is 5.81. The summed E-state index contributed by atoms with van der Waals surface area (Å²) in [5.74, 6) is -0.729. The highest BCUT2D eigenvalue weighted by Crippen LogP contribution is 2.56. The maximum Gasteiger partial charge on any atom is 0.339 e. The number of nitrogens with zero attached hydrogens (tertiary/aromatic N) is 2. The zero-order valence-electron chi connectivity index (χ0n) is 21.7. The topological polar surface area (TPSA) is 93.6 Å². The summed E-state index contributed by atoms with van der Waals surface area (Å²) in [5, 5.41) is 0.620. The molecule has 7 rings (SSSR count). The molecule has 0 unspecified atom stereocenters. The maximum absolute atomic E-state index is 13.2. The van der Waals surface area contributed by atoms with Crippen LogP contribution in [0.2, 0.25) is 0 Å². The molecule has 7 heteroatoms. The first-order valence-corrected chi connectivity index (χ1v) is 13.6. The van der Waals surface area contributed by atoms with Crippen molar-refractivity contribution >= 4 is 40.2 Å². The number of hydrogen-bond donors (Lipinski definition) is 0. The minimum atomic E-state index is -0.616. The van der Waals surface area contributed by atoms with Crippen LogP contribution in [-0.2, 0) is 14.3 Å². The summed E-state index contributed by atoms with van der Waals surface area (Å²) in [6, 6.07) is 24.8. The van der Waals surface area contributed by atoms with E-state index in [1.54, 1.807) is 48.5 Å². The lowest BCUT2D eigenvalue weighted by molar-refractivity contribution is -0.123. The Hall–Kier alpha value is -4.65. The second kappa shape index (κ2) is 9.52. The van der Waals surface area contributed by atoms with Crippen molar-refractivity contribution in [3.8, 4) is 11.3 Å². The third kappa shape index (κ3) is 3.92. The number of ether oxygens (including phenoxy) is 1. The van der Waals surface area contributed by atoms with E-state index in [0.717, 1.165) is 24.8 Å². The van der Waals surface area contributed by atoms with E-state index in [1.807, 2.05) is 36.4 Å². The fraction of sp³-hybridized carbons (Fsp3) is 0.242. The van der Waals surface area contributed by atoms with Gasteiger partial charge in [0.05, 0.1) is 34.3 Å². The second-order valence-corrected chi connectivity index (χ2v) is 10.9. The van der Waals surface area contributed by atoms with Crippen LogP contribution in [0.15, 0.2) is 84.9 Å². The Morgan fingerprint density at radius 3 is 2.17 bits per heavy atom.